The normalized spacial score (nSPS) is 17.6. The number of carbonyl (C=O) groups is 1. The Labute approximate surface area is 207 Å². The van der Waals surface area contributed by atoms with Crippen molar-refractivity contribution in [1.82, 2.24) is 9.78 Å². The molecule has 2 aromatic carbocycles. The zero-order valence-corrected chi connectivity index (χ0v) is 20.2. The van der Waals surface area contributed by atoms with E-state index in [0.717, 1.165) is 11.8 Å². The maximum absolute atomic E-state index is 14.3. The van der Waals surface area contributed by atoms with Crippen molar-refractivity contribution in [2.75, 3.05) is 23.3 Å². The number of nitrogens with one attached hydrogen (secondary N) is 1. The van der Waals surface area contributed by atoms with Crippen LogP contribution in [-0.2, 0) is 11.6 Å². The first kappa shape index (κ1) is 23.8. The summed E-state index contributed by atoms with van der Waals surface area (Å²) in [4.78, 5) is 19.6. The molecule has 1 atom stereocenters. The minimum absolute atomic E-state index is 0.172. The molecule has 0 saturated carbocycles. The lowest BCUT2D eigenvalue weighted by Crippen LogP contribution is -2.38. The Kier molecular flexibility index (Phi) is 5.73. The van der Waals surface area contributed by atoms with Gasteiger partial charge in [0.15, 0.2) is 0 Å². The van der Waals surface area contributed by atoms with E-state index in [1.54, 1.807) is 36.5 Å². The van der Waals surface area contributed by atoms with Crippen LogP contribution >= 0.6 is 0 Å². The Morgan fingerprint density at radius 1 is 1.08 bits per heavy atom. The maximum atomic E-state index is 14.3. The van der Waals surface area contributed by atoms with Gasteiger partial charge in [-0.25, -0.2) is 4.68 Å². The molecule has 0 fully saturated rings. The van der Waals surface area contributed by atoms with Gasteiger partial charge >= 0.3 is 6.18 Å². The monoisotopic (exact) mass is 493 g/mol. The summed E-state index contributed by atoms with van der Waals surface area (Å²) in [5.74, 6) is -0.275. The lowest BCUT2D eigenvalue weighted by molar-refractivity contribution is -0.137. The highest BCUT2D eigenvalue weighted by Crippen LogP contribution is 2.37. The number of carbonyl (C=O) groups excluding carboxylic acids is 1. The van der Waals surface area contributed by atoms with Gasteiger partial charge in [0.05, 0.1) is 46.3 Å². The summed E-state index contributed by atoms with van der Waals surface area (Å²) in [7, 11) is 0. The van der Waals surface area contributed by atoms with Crippen LogP contribution in [0.5, 0.6) is 0 Å². The quantitative estimate of drug-likeness (QED) is 0.456. The fourth-order valence-corrected chi connectivity index (χ4v) is 4.41. The summed E-state index contributed by atoms with van der Waals surface area (Å²) in [5, 5.41) is 7.71. The van der Waals surface area contributed by atoms with Crippen LogP contribution in [0.4, 0.5) is 24.5 Å². The number of alkyl halides is 3. The Morgan fingerprint density at radius 2 is 1.86 bits per heavy atom. The van der Waals surface area contributed by atoms with E-state index in [2.05, 4.69) is 15.4 Å². The summed E-state index contributed by atoms with van der Waals surface area (Å²) < 4.78 is 44.2. The van der Waals surface area contributed by atoms with Crippen LogP contribution in [-0.4, -0.2) is 34.6 Å². The summed E-state index contributed by atoms with van der Waals surface area (Å²) in [5.41, 5.74) is 0.452. The topological polar surface area (TPSA) is 62.5 Å². The second-order valence-electron chi connectivity index (χ2n) is 9.94. The highest BCUT2D eigenvalue weighted by Gasteiger charge is 2.38. The van der Waals surface area contributed by atoms with E-state index in [4.69, 9.17) is 0 Å². The lowest BCUT2D eigenvalue weighted by Gasteiger charge is -2.26. The summed E-state index contributed by atoms with van der Waals surface area (Å²) >= 11 is 0. The number of fused-ring (bicyclic) bond motifs is 2. The average Bonchev–Trinajstić information content (AvgIpc) is 3.27. The van der Waals surface area contributed by atoms with Gasteiger partial charge in [0.1, 0.15) is 5.84 Å². The van der Waals surface area contributed by atoms with Crippen molar-refractivity contribution in [2.24, 2.45) is 10.9 Å². The van der Waals surface area contributed by atoms with Gasteiger partial charge in [-0.2, -0.15) is 18.3 Å². The average molecular weight is 494 g/mol. The maximum Gasteiger partial charge on any atom is 0.417 e. The van der Waals surface area contributed by atoms with Gasteiger partial charge in [0, 0.05) is 18.2 Å². The molecule has 1 N–H and O–H groups in total. The number of amides is 1. The van der Waals surface area contributed by atoms with Gasteiger partial charge < -0.3 is 10.2 Å². The van der Waals surface area contributed by atoms with Crippen molar-refractivity contribution in [3.05, 3.63) is 83.7 Å². The van der Waals surface area contributed by atoms with Crippen LogP contribution in [0.2, 0.25) is 0 Å². The zero-order chi connectivity index (χ0) is 25.7. The molecule has 6 nitrogen and oxygen atoms in total. The molecule has 9 heteroatoms. The Hall–Kier alpha value is -3.88. The molecule has 5 rings (SSSR count). The molecule has 0 bridgehead atoms. The van der Waals surface area contributed by atoms with E-state index in [1.165, 1.54) is 21.7 Å². The number of hydrogen-bond donors (Lipinski definition) is 1. The number of aromatic nitrogens is 2. The fraction of sp³-hybridized carbons (Fsp3) is 0.296. The van der Waals surface area contributed by atoms with Gasteiger partial charge in [-0.3, -0.25) is 9.79 Å². The first-order valence-corrected chi connectivity index (χ1v) is 11.7. The molecule has 186 valence electrons. The number of amidine groups is 1. The molecule has 3 heterocycles. The number of rotatable bonds is 2. The van der Waals surface area contributed by atoms with Crippen molar-refractivity contribution in [1.29, 1.82) is 0 Å². The van der Waals surface area contributed by atoms with Crippen molar-refractivity contribution < 1.29 is 18.0 Å². The number of hydrogen-bond acceptors (Lipinski definition) is 4. The van der Waals surface area contributed by atoms with Crippen molar-refractivity contribution in [3.63, 3.8) is 0 Å². The molecule has 2 aliphatic heterocycles. The highest BCUT2D eigenvalue weighted by atomic mass is 19.4. The third-order valence-corrected chi connectivity index (χ3v) is 6.33. The first-order valence-electron chi connectivity index (χ1n) is 11.7. The van der Waals surface area contributed by atoms with Crippen LogP contribution < -0.4 is 10.2 Å². The van der Waals surface area contributed by atoms with E-state index in [-0.39, 0.29) is 23.6 Å². The number of benzene rings is 2. The van der Waals surface area contributed by atoms with E-state index in [9.17, 15) is 18.0 Å². The third-order valence-electron chi connectivity index (χ3n) is 6.33. The Bertz CT molecular complexity index is 1380. The predicted molar refractivity (Wildman–Crippen MR) is 134 cm³/mol. The number of dihydropyridines is 1. The Morgan fingerprint density at radius 3 is 2.58 bits per heavy atom. The van der Waals surface area contributed by atoms with E-state index < -0.39 is 23.2 Å². The second kappa shape index (κ2) is 8.65. The molecular formula is C27H26F3N5O. The number of anilines is 2. The smallest absolute Gasteiger partial charge is 0.342 e. The van der Waals surface area contributed by atoms with Crippen molar-refractivity contribution in [2.45, 2.75) is 32.4 Å². The van der Waals surface area contributed by atoms with E-state index >= 15 is 0 Å². The molecule has 0 radical (unpaired) electrons. The zero-order valence-electron chi connectivity index (χ0n) is 20.2. The molecule has 1 amide bonds. The van der Waals surface area contributed by atoms with Gasteiger partial charge in [0.25, 0.3) is 5.91 Å². The third kappa shape index (κ3) is 4.41. The van der Waals surface area contributed by atoms with Crippen LogP contribution in [0.1, 0.15) is 42.4 Å². The van der Waals surface area contributed by atoms with Gasteiger partial charge in [-0.15, -0.1) is 0 Å². The standard InChI is InChI=1S/C27H26F3N5O/c1-26(2,3)23-12-14-35(33-23)18-10-11-19(20(15-18)27(28,29)30)25(36)34-16-17-7-6-13-31-24(17)32-21-8-4-5-9-22(21)34/h4-12,14-15,17H,13,16H2,1-3H3,(H,31,32). The number of para-hydroxylation sites is 2. The predicted octanol–water partition coefficient (Wildman–Crippen LogP) is 5.85. The molecule has 0 saturated heterocycles. The van der Waals surface area contributed by atoms with Crippen LogP contribution in [0.15, 0.2) is 71.9 Å². The van der Waals surface area contributed by atoms with Crippen molar-refractivity contribution >= 4 is 23.1 Å². The lowest BCUT2D eigenvalue weighted by atomic mass is 9.93. The first-order chi connectivity index (χ1) is 17.0. The Balaban J connectivity index is 1.58. The SMILES string of the molecule is CC(C)(C)c1ccn(-c2ccc(C(=O)N3CC4C=CCN=C4Nc4ccccc43)c(C(F)(F)F)c2)n1. The minimum atomic E-state index is -4.73. The molecule has 3 aromatic rings. The van der Waals surface area contributed by atoms with E-state index in [0.29, 0.717) is 23.8 Å². The van der Waals surface area contributed by atoms with Crippen LogP contribution in [0.3, 0.4) is 0 Å². The molecule has 0 spiro atoms. The highest BCUT2D eigenvalue weighted by molar-refractivity contribution is 6.13. The number of nitrogens with zero attached hydrogens (tertiary/aromatic N) is 4. The van der Waals surface area contributed by atoms with E-state index in [1.807, 2.05) is 32.9 Å². The summed E-state index contributed by atoms with van der Waals surface area (Å²) in [6.07, 6.45) is 0.715. The largest absolute Gasteiger partial charge is 0.417 e. The molecule has 1 unspecified atom stereocenters. The van der Waals surface area contributed by atoms with Gasteiger partial charge in [0.2, 0.25) is 0 Å². The van der Waals surface area contributed by atoms with Gasteiger partial charge in [-0.05, 0) is 36.4 Å². The number of halogens is 3. The molecule has 1 aromatic heterocycles. The fourth-order valence-electron chi connectivity index (χ4n) is 4.41. The van der Waals surface area contributed by atoms with Gasteiger partial charge in [-0.1, -0.05) is 45.1 Å². The molecule has 0 aliphatic carbocycles. The molecule has 2 aliphatic rings. The summed E-state index contributed by atoms with van der Waals surface area (Å²) in [6.45, 7) is 6.63. The van der Waals surface area contributed by atoms with Crippen LogP contribution in [0.25, 0.3) is 5.69 Å². The molecular weight excluding hydrogens is 467 g/mol. The van der Waals surface area contributed by atoms with Crippen LogP contribution in [0, 0.1) is 5.92 Å². The number of aliphatic imine (C=N–C) groups is 1. The van der Waals surface area contributed by atoms with Crippen molar-refractivity contribution in [3.8, 4) is 5.69 Å². The second-order valence-corrected chi connectivity index (χ2v) is 9.94. The summed E-state index contributed by atoms with van der Waals surface area (Å²) in [6, 6.07) is 12.6. The minimum Gasteiger partial charge on any atom is -0.342 e. The molecule has 36 heavy (non-hydrogen) atoms.